The molecule has 0 atom stereocenters. The van der Waals surface area contributed by atoms with Gasteiger partial charge in [-0.1, -0.05) is 12.7 Å². The van der Waals surface area contributed by atoms with Crippen molar-refractivity contribution >= 4 is 18.0 Å². The molecule has 0 unspecified atom stereocenters. The van der Waals surface area contributed by atoms with Crippen LogP contribution in [0.5, 0.6) is 23.0 Å². The van der Waals surface area contributed by atoms with Gasteiger partial charge in [-0.3, -0.25) is 9.59 Å². The molecule has 164 valence electrons. The zero-order valence-corrected chi connectivity index (χ0v) is 17.4. The second-order valence-corrected chi connectivity index (χ2v) is 6.06. The summed E-state index contributed by atoms with van der Waals surface area (Å²) in [4.78, 5) is 23.3. The Labute approximate surface area is 180 Å². The summed E-state index contributed by atoms with van der Waals surface area (Å²) in [5.41, 5.74) is 8.54. The van der Waals surface area contributed by atoms with Crippen LogP contribution in [0.4, 0.5) is 0 Å². The molecule has 9 heteroatoms. The van der Waals surface area contributed by atoms with Gasteiger partial charge in [0.25, 0.3) is 11.8 Å². The van der Waals surface area contributed by atoms with Crippen LogP contribution < -0.4 is 30.1 Å². The van der Waals surface area contributed by atoms with Crippen LogP contribution in [0.15, 0.2) is 54.2 Å². The number of primary amides is 1. The molecule has 2 aromatic carbocycles. The quantitative estimate of drug-likeness (QED) is 0.305. The molecular weight excluding hydrogens is 402 g/mol. The van der Waals surface area contributed by atoms with Gasteiger partial charge in [0, 0.05) is 5.56 Å². The van der Waals surface area contributed by atoms with E-state index in [0.29, 0.717) is 47.3 Å². The van der Waals surface area contributed by atoms with E-state index >= 15 is 0 Å². The molecule has 0 fully saturated rings. The summed E-state index contributed by atoms with van der Waals surface area (Å²) in [6.07, 6.45) is 3.07. The lowest BCUT2D eigenvalue weighted by Gasteiger charge is -2.12. The second-order valence-electron chi connectivity index (χ2n) is 6.06. The third-order valence-corrected chi connectivity index (χ3v) is 3.80. The number of rotatable bonds is 12. The van der Waals surface area contributed by atoms with E-state index in [1.807, 2.05) is 6.92 Å². The van der Waals surface area contributed by atoms with E-state index in [2.05, 4.69) is 17.1 Å². The Morgan fingerprint density at radius 1 is 1.06 bits per heavy atom. The zero-order valence-electron chi connectivity index (χ0n) is 17.4. The first-order chi connectivity index (χ1) is 15.0. The second kappa shape index (κ2) is 11.9. The maximum Gasteiger partial charge on any atom is 0.271 e. The maximum absolute atomic E-state index is 12.4. The van der Waals surface area contributed by atoms with Crippen molar-refractivity contribution in [2.45, 2.75) is 6.92 Å². The van der Waals surface area contributed by atoms with Crippen molar-refractivity contribution in [3.05, 3.63) is 60.2 Å². The highest BCUT2D eigenvalue weighted by molar-refractivity contribution is 5.95. The molecule has 0 aliphatic rings. The first-order valence-corrected chi connectivity index (χ1v) is 9.41. The Bertz CT molecular complexity index is 958. The third kappa shape index (κ3) is 7.07. The molecule has 0 saturated heterocycles. The highest BCUT2D eigenvalue weighted by atomic mass is 16.5. The van der Waals surface area contributed by atoms with Crippen LogP contribution in [-0.2, 0) is 4.79 Å². The largest absolute Gasteiger partial charge is 0.493 e. The smallest absolute Gasteiger partial charge is 0.271 e. The van der Waals surface area contributed by atoms with Crippen molar-refractivity contribution in [2.75, 3.05) is 26.9 Å². The molecule has 2 amide bonds. The molecule has 0 aliphatic heterocycles. The van der Waals surface area contributed by atoms with Gasteiger partial charge in [0.1, 0.15) is 6.61 Å². The Hall–Kier alpha value is -4.01. The number of hydrazone groups is 1. The molecule has 0 aliphatic carbocycles. The average molecular weight is 427 g/mol. The average Bonchev–Trinajstić information content (AvgIpc) is 2.77. The summed E-state index contributed by atoms with van der Waals surface area (Å²) in [5, 5.41) is 3.96. The lowest BCUT2D eigenvalue weighted by atomic mass is 10.2. The van der Waals surface area contributed by atoms with Crippen LogP contribution in [0.3, 0.4) is 0 Å². The molecule has 0 saturated carbocycles. The standard InChI is InChI=1S/C22H25N3O6/c1-4-10-30-18-9-7-16(12-20(18)29-5-2)22(27)25-24-13-15-6-8-17(19(11-15)28-3)31-14-21(23)26/h4,6-9,11-13H,1,5,10,14H2,2-3H3,(H2,23,26)(H,25,27)/b24-13+. The third-order valence-electron chi connectivity index (χ3n) is 3.80. The molecule has 31 heavy (non-hydrogen) atoms. The van der Waals surface area contributed by atoms with E-state index in [9.17, 15) is 9.59 Å². The van der Waals surface area contributed by atoms with Crippen LogP contribution in [0.2, 0.25) is 0 Å². The number of nitrogens with two attached hydrogens (primary N) is 1. The summed E-state index contributed by atoms with van der Waals surface area (Å²) >= 11 is 0. The maximum atomic E-state index is 12.4. The van der Waals surface area contributed by atoms with Gasteiger partial charge < -0.3 is 24.7 Å². The van der Waals surface area contributed by atoms with E-state index in [1.54, 1.807) is 42.5 Å². The zero-order chi connectivity index (χ0) is 22.6. The number of carbonyl (C=O) groups excluding carboxylic acids is 2. The van der Waals surface area contributed by atoms with Crippen molar-refractivity contribution in [2.24, 2.45) is 10.8 Å². The van der Waals surface area contributed by atoms with E-state index in [-0.39, 0.29) is 6.61 Å². The summed E-state index contributed by atoms with van der Waals surface area (Å²) in [7, 11) is 1.47. The predicted molar refractivity (Wildman–Crippen MR) is 116 cm³/mol. The number of nitrogens with zero attached hydrogens (tertiary/aromatic N) is 1. The van der Waals surface area contributed by atoms with Gasteiger partial charge in [0.15, 0.2) is 29.6 Å². The van der Waals surface area contributed by atoms with E-state index in [0.717, 1.165) is 0 Å². The molecule has 3 N–H and O–H groups in total. The van der Waals surface area contributed by atoms with Gasteiger partial charge in [-0.15, -0.1) is 0 Å². The number of amides is 2. The van der Waals surface area contributed by atoms with Gasteiger partial charge in [-0.2, -0.15) is 5.10 Å². The van der Waals surface area contributed by atoms with Gasteiger partial charge in [-0.05, 0) is 48.9 Å². The number of methoxy groups -OCH3 is 1. The predicted octanol–water partition coefficient (Wildman–Crippen LogP) is 2.29. The van der Waals surface area contributed by atoms with Crippen molar-refractivity contribution in [1.29, 1.82) is 0 Å². The molecule has 2 rings (SSSR count). The van der Waals surface area contributed by atoms with Crippen LogP contribution in [0.25, 0.3) is 0 Å². The number of ether oxygens (including phenoxy) is 4. The fraction of sp³-hybridized carbons (Fsp3) is 0.227. The van der Waals surface area contributed by atoms with Crippen LogP contribution in [-0.4, -0.2) is 45.0 Å². The fourth-order valence-corrected chi connectivity index (χ4v) is 2.45. The van der Waals surface area contributed by atoms with Gasteiger partial charge in [0.2, 0.25) is 0 Å². The number of nitrogens with one attached hydrogen (secondary N) is 1. The highest BCUT2D eigenvalue weighted by Crippen LogP contribution is 2.29. The Morgan fingerprint density at radius 3 is 2.48 bits per heavy atom. The minimum Gasteiger partial charge on any atom is -0.493 e. The minimum atomic E-state index is -0.594. The lowest BCUT2D eigenvalue weighted by Crippen LogP contribution is -2.20. The Balaban J connectivity index is 2.06. The van der Waals surface area contributed by atoms with E-state index in [1.165, 1.54) is 13.3 Å². The van der Waals surface area contributed by atoms with Gasteiger partial charge in [-0.25, -0.2) is 5.43 Å². The molecule has 9 nitrogen and oxygen atoms in total. The normalized spacial score (nSPS) is 10.4. The summed E-state index contributed by atoms with van der Waals surface area (Å²) in [6.45, 7) is 5.94. The topological polar surface area (TPSA) is 121 Å². The van der Waals surface area contributed by atoms with E-state index in [4.69, 9.17) is 24.7 Å². The van der Waals surface area contributed by atoms with Crippen LogP contribution in [0.1, 0.15) is 22.8 Å². The highest BCUT2D eigenvalue weighted by Gasteiger charge is 2.11. The summed E-state index contributed by atoms with van der Waals surface area (Å²) in [5.74, 6) is 0.728. The SMILES string of the molecule is C=CCOc1ccc(C(=O)N/N=C/c2ccc(OCC(N)=O)c(OC)c2)cc1OCC. The summed E-state index contributed by atoms with van der Waals surface area (Å²) in [6, 6.07) is 9.79. The monoisotopic (exact) mass is 427 g/mol. The van der Waals surface area contributed by atoms with Crippen molar-refractivity contribution < 1.29 is 28.5 Å². The number of carbonyl (C=O) groups is 2. The number of hydrogen-bond acceptors (Lipinski definition) is 7. The first kappa shape index (κ1) is 23.3. The van der Waals surface area contributed by atoms with Crippen molar-refractivity contribution in [3.8, 4) is 23.0 Å². The molecule has 0 aromatic heterocycles. The van der Waals surface area contributed by atoms with Crippen molar-refractivity contribution in [1.82, 2.24) is 5.43 Å². The van der Waals surface area contributed by atoms with E-state index < -0.39 is 11.8 Å². The van der Waals surface area contributed by atoms with Crippen molar-refractivity contribution in [3.63, 3.8) is 0 Å². The van der Waals surface area contributed by atoms with Gasteiger partial charge in [0.05, 0.1) is 19.9 Å². The first-order valence-electron chi connectivity index (χ1n) is 9.41. The molecule has 0 spiro atoms. The van der Waals surface area contributed by atoms with Crippen LogP contribution >= 0.6 is 0 Å². The fourth-order valence-electron chi connectivity index (χ4n) is 2.45. The van der Waals surface area contributed by atoms with Gasteiger partial charge >= 0.3 is 0 Å². The molecule has 0 radical (unpaired) electrons. The molecule has 2 aromatic rings. The minimum absolute atomic E-state index is 0.263. The van der Waals surface area contributed by atoms with Crippen LogP contribution in [0, 0.1) is 0 Å². The Morgan fingerprint density at radius 2 is 1.81 bits per heavy atom. The molecular formula is C22H25N3O6. The summed E-state index contributed by atoms with van der Waals surface area (Å²) < 4.78 is 21.6. The number of benzene rings is 2. The lowest BCUT2D eigenvalue weighted by molar-refractivity contribution is -0.119. The Kier molecular flexibility index (Phi) is 8.90. The molecule has 0 heterocycles. The molecule has 0 bridgehead atoms. The number of hydrogen-bond donors (Lipinski definition) is 2.